The van der Waals surface area contributed by atoms with E-state index in [1.54, 1.807) is 0 Å². The van der Waals surface area contributed by atoms with Gasteiger partial charge in [-0.05, 0) is 19.8 Å². The normalized spacial score (nSPS) is 19.8. The molecule has 12 heavy (non-hydrogen) atoms. The summed E-state index contributed by atoms with van der Waals surface area (Å²) >= 11 is 0. The Morgan fingerprint density at radius 3 is 2.50 bits per heavy atom. The van der Waals surface area contributed by atoms with E-state index in [-0.39, 0.29) is 0 Å². The molecule has 0 aromatic carbocycles. The third-order valence-corrected chi connectivity index (χ3v) is 2.34. The van der Waals surface area contributed by atoms with Gasteiger partial charge in [0.15, 0.2) is 0 Å². The van der Waals surface area contributed by atoms with Crippen LogP contribution in [0.1, 0.15) is 39.0 Å². The van der Waals surface area contributed by atoms with Crippen LogP contribution in [0, 0.1) is 0 Å². The predicted molar refractivity (Wildman–Crippen MR) is 49.3 cm³/mol. The molecule has 0 aliphatic heterocycles. The van der Waals surface area contributed by atoms with Crippen molar-refractivity contribution in [2.45, 2.75) is 45.1 Å². The minimum atomic E-state index is 0.527. The van der Waals surface area contributed by atoms with Gasteiger partial charge in [-0.1, -0.05) is 19.3 Å². The summed E-state index contributed by atoms with van der Waals surface area (Å²) in [6, 6.07) is 0. The molecule has 0 heterocycles. The average Bonchev–Trinajstić information content (AvgIpc) is 2.14. The lowest BCUT2D eigenvalue weighted by molar-refractivity contribution is -0.00787. The number of hydrogen-bond acceptors (Lipinski definition) is 2. The lowest BCUT2D eigenvalue weighted by atomic mass is 9.98. The molecule has 1 aliphatic rings. The second-order valence-corrected chi connectivity index (χ2v) is 3.33. The zero-order chi connectivity index (χ0) is 8.65. The van der Waals surface area contributed by atoms with E-state index in [0.29, 0.717) is 6.10 Å². The molecule has 0 aromatic heterocycles. The molecule has 0 spiro atoms. The molecule has 0 N–H and O–H groups in total. The van der Waals surface area contributed by atoms with Crippen LogP contribution in [-0.4, -0.2) is 25.9 Å². The van der Waals surface area contributed by atoms with Crippen LogP contribution in [0.3, 0.4) is 0 Å². The Morgan fingerprint density at radius 1 is 1.08 bits per heavy atom. The van der Waals surface area contributed by atoms with Gasteiger partial charge in [0.2, 0.25) is 0 Å². The summed E-state index contributed by atoms with van der Waals surface area (Å²) in [6.07, 6.45) is 7.13. The van der Waals surface area contributed by atoms with E-state index in [2.05, 4.69) is 0 Å². The first-order valence-corrected chi connectivity index (χ1v) is 5.13. The molecule has 0 unspecified atom stereocenters. The van der Waals surface area contributed by atoms with Crippen molar-refractivity contribution in [3.63, 3.8) is 0 Å². The van der Waals surface area contributed by atoms with Gasteiger partial charge in [0.05, 0.1) is 19.3 Å². The molecule has 0 radical (unpaired) electrons. The van der Waals surface area contributed by atoms with Gasteiger partial charge in [-0.2, -0.15) is 0 Å². The summed E-state index contributed by atoms with van der Waals surface area (Å²) in [5, 5.41) is 0. The largest absolute Gasteiger partial charge is 0.379 e. The van der Waals surface area contributed by atoms with E-state index < -0.39 is 0 Å². The van der Waals surface area contributed by atoms with Crippen LogP contribution in [0.5, 0.6) is 0 Å². The molecule has 0 atom stereocenters. The van der Waals surface area contributed by atoms with Gasteiger partial charge in [0.25, 0.3) is 0 Å². The number of rotatable bonds is 5. The maximum Gasteiger partial charge on any atom is 0.0704 e. The number of ether oxygens (including phenoxy) is 2. The molecule has 1 aliphatic carbocycles. The van der Waals surface area contributed by atoms with E-state index in [9.17, 15) is 0 Å². The third-order valence-electron chi connectivity index (χ3n) is 2.34. The highest BCUT2D eigenvalue weighted by atomic mass is 16.5. The molecule has 0 bridgehead atoms. The maximum absolute atomic E-state index is 5.66. The zero-order valence-electron chi connectivity index (χ0n) is 8.05. The Kier molecular flexibility index (Phi) is 5.37. The maximum atomic E-state index is 5.66. The fourth-order valence-electron chi connectivity index (χ4n) is 1.65. The Balaban J connectivity index is 1.91. The van der Waals surface area contributed by atoms with E-state index in [1.807, 2.05) is 6.92 Å². The Morgan fingerprint density at radius 2 is 1.83 bits per heavy atom. The summed E-state index contributed by atoms with van der Waals surface area (Å²) in [7, 11) is 0. The molecule has 72 valence electrons. The van der Waals surface area contributed by atoms with Gasteiger partial charge in [0, 0.05) is 6.61 Å². The van der Waals surface area contributed by atoms with E-state index in [0.717, 1.165) is 19.8 Å². The molecule has 1 fully saturated rings. The minimum absolute atomic E-state index is 0.527. The third kappa shape index (κ3) is 4.07. The quantitative estimate of drug-likeness (QED) is 0.593. The van der Waals surface area contributed by atoms with Crippen molar-refractivity contribution in [2.24, 2.45) is 0 Å². The standard InChI is InChI=1S/C10H20O2/c1-2-11-8-9-12-10-6-4-3-5-7-10/h10H,2-9H2,1H3. The molecule has 1 saturated carbocycles. The summed E-state index contributed by atoms with van der Waals surface area (Å²) in [5.41, 5.74) is 0. The van der Waals surface area contributed by atoms with Crippen molar-refractivity contribution in [3.05, 3.63) is 0 Å². The van der Waals surface area contributed by atoms with Crippen LogP contribution in [-0.2, 0) is 9.47 Å². The summed E-state index contributed by atoms with van der Waals surface area (Å²) in [4.78, 5) is 0. The van der Waals surface area contributed by atoms with E-state index in [1.165, 1.54) is 32.1 Å². The van der Waals surface area contributed by atoms with Gasteiger partial charge in [0.1, 0.15) is 0 Å². The second kappa shape index (κ2) is 6.44. The van der Waals surface area contributed by atoms with Gasteiger partial charge in [-0.3, -0.25) is 0 Å². The monoisotopic (exact) mass is 172 g/mol. The van der Waals surface area contributed by atoms with Gasteiger partial charge < -0.3 is 9.47 Å². The first-order chi connectivity index (χ1) is 5.93. The lowest BCUT2D eigenvalue weighted by Gasteiger charge is -2.21. The summed E-state index contributed by atoms with van der Waals surface area (Å²) in [6.45, 7) is 4.35. The van der Waals surface area contributed by atoms with Crippen molar-refractivity contribution >= 4 is 0 Å². The molecular weight excluding hydrogens is 152 g/mol. The minimum Gasteiger partial charge on any atom is -0.379 e. The Hall–Kier alpha value is -0.0800. The summed E-state index contributed by atoms with van der Waals surface area (Å²) in [5.74, 6) is 0. The Labute approximate surface area is 75.2 Å². The highest BCUT2D eigenvalue weighted by Gasteiger charge is 2.12. The highest BCUT2D eigenvalue weighted by Crippen LogP contribution is 2.19. The van der Waals surface area contributed by atoms with Crippen LogP contribution in [0.15, 0.2) is 0 Å². The van der Waals surface area contributed by atoms with Crippen LogP contribution in [0.4, 0.5) is 0 Å². The van der Waals surface area contributed by atoms with Crippen LogP contribution >= 0.6 is 0 Å². The van der Waals surface area contributed by atoms with Crippen LogP contribution in [0.25, 0.3) is 0 Å². The fraction of sp³-hybridized carbons (Fsp3) is 1.00. The molecule has 0 saturated heterocycles. The first kappa shape index (κ1) is 10.0. The molecule has 0 amide bonds. The summed E-state index contributed by atoms with van der Waals surface area (Å²) < 4.78 is 10.9. The van der Waals surface area contributed by atoms with Crippen molar-refractivity contribution in [2.75, 3.05) is 19.8 Å². The van der Waals surface area contributed by atoms with Crippen LogP contribution in [0.2, 0.25) is 0 Å². The van der Waals surface area contributed by atoms with E-state index >= 15 is 0 Å². The predicted octanol–water partition coefficient (Wildman–Crippen LogP) is 2.37. The smallest absolute Gasteiger partial charge is 0.0704 e. The van der Waals surface area contributed by atoms with Crippen molar-refractivity contribution in [1.29, 1.82) is 0 Å². The Bertz CT molecular complexity index is 98.0. The van der Waals surface area contributed by atoms with Gasteiger partial charge in [-0.25, -0.2) is 0 Å². The van der Waals surface area contributed by atoms with Gasteiger partial charge in [-0.15, -0.1) is 0 Å². The fourth-order valence-corrected chi connectivity index (χ4v) is 1.65. The van der Waals surface area contributed by atoms with E-state index in [4.69, 9.17) is 9.47 Å². The molecule has 2 heteroatoms. The molecule has 1 rings (SSSR count). The lowest BCUT2D eigenvalue weighted by Crippen LogP contribution is -2.19. The average molecular weight is 172 g/mol. The highest BCUT2D eigenvalue weighted by molar-refractivity contribution is 4.64. The van der Waals surface area contributed by atoms with Crippen molar-refractivity contribution in [3.8, 4) is 0 Å². The molecule has 2 nitrogen and oxygen atoms in total. The SMILES string of the molecule is CCOCCOC1CCCCC1. The second-order valence-electron chi connectivity index (χ2n) is 3.33. The zero-order valence-corrected chi connectivity index (χ0v) is 8.05. The molecular formula is C10H20O2. The van der Waals surface area contributed by atoms with Crippen molar-refractivity contribution in [1.82, 2.24) is 0 Å². The van der Waals surface area contributed by atoms with Crippen molar-refractivity contribution < 1.29 is 9.47 Å². The first-order valence-electron chi connectivity index (χ1n) is 5.13. The van der Waals surface area contributed by atoms with Gasteiger partial charge >= 0.3 is 0 Å². The topological polar surface area (TPSA) is 18.5 Å². The number of hydrogen-bond donors (Lipinski definition) is 0. The van der Waals surface area contributed by atoms with Crippen LogP contribution < -0.4 is 0 Å². The molecule has 0 aromatic rings.